The molecule has 3 N–H and O–H groups in total. The van der Waals surface area contributed by atoms with Crippen molar-refractivity contribution in [1.82, 2.24) is 35.5 Å². The summed E-state index contributed by atoms with van der Waals surface area (Å²) < 4.78 is 0. The number of nitrogens with one attached hydrogen (secondary N) is 3. The number of nitrogens with zero attached hydrogens (tertiary/aromatic N) is 4. The number of pyridine rings is 3. The van der Waals surface area contributed by atoms with Gasteiger partial charge in [-0.05, 0) is 78.4 Å². The van der Waals surface area contributed by atoms with Crippen molar-refractivity contribution in [2.24, 2.45) is 5.92 Å². The molecule has 1 aliphatic carbocycles. The van der Waals surface area contributed by atoms with Crippen LogP contribution < -0.4 is 5.32 Å². The summed E-state index contributed by atoms with van der Waals surface area (Å²) in [7, 11) is 0. The molecule has 0 radical (unpaired) electrons. The standard InChI is InChI=1S/C31H29N7/c1-2-5-20(4-1)15-33-16-21-12-24(19-34-17-21)22-7-8-28-27(13-22)30(38-37-28)29-14-26-25(9-11-35-31(26)36-29)23-6-3-10-32-18-23/h3,6-14,17-20,33H,1-2,4-5,15-16H2,(H,35,36)(H,37,38). The van der Waals surface area contributed by atoms with E-state index in [-0.39, 0.29) is 0 Å². The van der Waals surface area contributed by atoms with Gasteiger partial charge in [0.1, 0.15) is 11.3 Å². The van der Waals surface area contributed by atoms with Crippen LogP contribution in [0.3, 0.4) is 0 Å². The average molecular weight is 500 g/mol. The quantitative estimate of drug-likeness (QED) is 0.233. The zero-order valence-corrected chi connectivity index (χ0v) is 21.1. The van der Waals surface area contributed by atoms with Gasteiger partial charge in [-0.15, -0.1) is 0 Å². The number of benzene rings is 1. The first-order chi connectivity index (χ1) is 18.8. The predicted octanol–water partition coefficient (Wildman–Crippen LogP) is 6.51. The van der Waals surface area contributed by atoms with Gasteiger partial charge in [-0.3, -0.25) is 15.1 Å². The van der Waals surface area contributed by atoms with Gasteiger partial charge in [0.05, 0.1) is 11.2 Å². The van der Waals surface area contributed by atoms with Crippen LogP contribution in [0.5, 0.6) is 0 Å². The van der Waals surface area contributed by atoms with E-state index in [2.05, 4.69) is 71.8 Å². The molecule has 1 aliphatic rings. The molecule has 38 heavy (non-hydrogen) atoms. The Hall–Kier alpha value is -4.36. The van der Waals surface area contributed by atoms with Crippen molar-refractivity contribution in [3.05, 3.63) is 85.1 Å². The molecular formula is C31H29N7. The molecule has 0 saturated heterocycles. The molecular weight excluding hydrogens is 470 g/mol. The summed E-state index contributed by atoms with van der Waals surface area (Å²) >= 11 is 0. The van der Waals surface area contributed by atoms with Crippen LogP contribution in [0.1, 0.15) is 31.2 Å². The van der Waals surface area contributed by atoms with Gasteiger partial charge in [0.25, 0.3) is 0 Å². The maximum absolute atomic E-state index is 4.67. The van der Waals surface area contributed by atoms with Gasteiger partial charge < -0.3 is 10.3 Å². The molecule has 1 saturated carbocycles. The summed E-state index contributed by atoms with van der Waals surface area (Å²) in [6.07, 6.45) is 14.9. The largest absolute Gasteiger partial charge is 0.338 e. The molecule has 7 nitrogen and oxygen atoms in total. The molecule has 5 heterocycles. The Balaban J connectivity index is 1.20. The molecule has 0 unspecified atom stereocenters. The zero-order valence-electron chi connectivity index (χ0n) is 21.1. The highest BCUT2D eigenvalue weighted by molar-refractivity contribution is 6.00. The van der Waals surface area contributed by atoms with Gasteiger partial charge in [-0.2, -0.15) is 5.10 Å². The Morgan fingerprint density at radius 1 is 0.842 bits per heavy atom. The Bertz CT molecular complexity index is 1710. The van der Waals surface area contributed by atoms with E-state index in [0.717, 1.165) is 74.6 Å². The van der Waals surface area contributed by atoms with E-state index in [9.17, 15) is 0 Å². The number of aromatic nitrogens is 6. The Morgan fingerprint density at radius 2 is 1.76 bits per heavy atom. The lowest BCUT2D eigenvalue weighted by Crippen LogP contribution is -2.20. The van der Waals surface area contributed by atoms with E-state index in [1.807, 2.05) is 36.9 Å². The summed E-state index contributed by atoms with van der Waals surface area (Å²) in [5, 5.41) is 13.6. The lowest BCUT2D eigenvalue weighted by atomic mass is 10.0. The number of fused-ring (bicyclic) bond motifs is 2. The zero-order chi connectivity index (χ0) is 25.3. The number of aromatic amines is 2. The van der Waals surface area contributed by atoms with Crippen LogP contribution in [-0.4, -0.2) is 36.7 Å². The molecule has 5 aromatic heterocycles. The summed E-state index contributed by atoms with van der Waals surface area (Å²) in [6, 6.07) is 16.8. The molecule has 7 rings (SSSR count). The minimum absolute atomic E-state index is 0.827. The summed E-state index contributed by atoms with van der Waals surface area (Å²) in [5.41, 5.74) is 9.21. The number of hydrogen-bond donors (Lipinski definition) is 3. The fraction of sp³-hybridized carbons (Fsp3) is 0.226. The first-order valence-corrected chi connectivity index (χ1v) is 13.3. The van der Waals surface area contributed by atoms with E-state index in [0.29, 0.717) is 0 Å². The smallest absolute Gasteiger partial charge is 0.138 e. The second-order valence-electron chi connectivity index (χ2n) is 10.2. The van der Waals surface area contributed by atoms with Gasteiger partial charge in [-0.1, -0.05) is 25.0 Å². The third-order valence-corrected chi connectivity index (χ3v) is 7.69. The highest BCUT2D eigenvalue weighted by Crippen LogP contribution is 2.34. The van der Waals surface area contributed by atoms with Crippen LogP contribution in [0.25, 0.3) is 55.6 Å². The van der Waals surface area contributed by atoms with Gasteiger partial charge >= 0.3 is 0 Å². The molecule has 0 atom stereocenters. The van der Waals surface area contributed by atoms with Crippen molar-refractivity contribution in [3.8, 4) is 33.6 Å². The van der Waals surface area contributed by atoms with Crippen molar-refractivity contribution in [2.75, 3.05) is 6.54 Å². The fourth-order valence-electron chi connectivity index (χ4n) is 5.70. The Morgan fingerprint density at radius 3 is 2.66 bits per heavy atom. The molecule has 1 fully saturated rings. The summed E-state index contributed by atoms with van der Waals surface area (Å²) in [4.78, 5) is 16.9. The topological polar surface area (TPSA) is 95.2 Å². The third kappa shape index (κ3) is 4.35. The van der Waals surface area contributed by atoms with E-state index in [4.69, 9.17) is 0 Å². The molecule has 6 aromatic rings. The van der Waals surface area contributed by atoms with Gasteiger partial charge in [-0.25, -0.2) is 4.98 Å². The van der Waals surface area contributed by atoms with E-state index >= 15 is 0 Å². The van der Waals surface area contributed by atoms with Crippen molar-refractivity contribution in [2.45, 2.75) is 32.2 Å². The summed E-state index contributed by atoms with van der Waals surface area (Å²) in [6.45, 7) is 1.94. The minimum atomic E-state index is 0.827. The van der Waals surface area contributed by atoms with Gasteiger partial charge in [0, 0.05) is 59.4 Å². The lowest BCUT2D eigenvalue weighted by molar-refractivity contribution is 0.489. The third-order valence-electron chi connectivity index (χ3n) is 7.69. The van der Waals surface area contributed by atoms with Crippen molar-refractivity contribution in [3.63, 3.8) is 0 Å². The minimum Gasteiger partial charge on any atom is -0.338 e. The van der Waals surface area contributed by atoms with Crippen LogP contribution in [0.4, 0.5) is 0 Å². The molecule has 1 aromatic carbocycles. The molecule has 188 valence electrons. The maximum Gasteiger partial charge on any atom is 0.138 e. The first-order valence-electron chi connectivity index (χ1n) is 13.3. The molecule has 0 amide bonds. The fourth-order valence-corrected chi connectivity index (χ4v) is 5.70. The SMILES string of the molecule is c1cncc(-c2ccnc3[nH]c(-c4n[nH]c5ccc(-c6cncc(CNCC7CCCC7)c6)cc45)cc23)c1. The number of H-pyrrole nitrogens is 2. The second kappa shape index (κ2) is 9.84. The second-order valence-corrected chi connectivity index (χ2v) is 10.2. The lowest BCUT2D eigenvalue weighted by Gasteiger charge is -2.11. The Kier molecular flexibility index (Phi) is 5.90. The van der Waals surface area contributed by atoms with Crippen LogP contribution in [-0.2, 0) is 6.54 Å². The maximum atomic E-state index is 4.67. The van der Waals surface area contributed by atoms with E-state index in [1.54, 1.807) is 6.20 Å². The van der Waals surface area contributed by atoms with E-state index in [1.165, 1.54) is 31.2 Å². The highest BCUT2D eigenvalue weighted by atomic mass is 15.1. The van der Waals surface area contributed by atoms with Crippen molar-refractivity contribution < 1.29 is 0 Å². The predicted molar refractivity (Wildman–Crippen MR) is 151 cm³/mol. The summed E-state index contributed by atoms with van der Waals surface area (Å²) in [5.74, 6) is 0.827. The number of rotatable bonds is 7. The first kappa shape index (κ1) is 22.8. The van der Waals surface area contributed by atoms with Crippen LogP contribution in [0.15, 0.2) is 79.5 Å². The van der Waals surface area contributed by atoms with Gasteiger partial charge in [0.2, 0.25) is 0 Å². The number of hydrogen-bond acceptors (Lipinski definition) is 5. The van der Waals surface area contributed by atoms with Crippen molar-refractivity contribution >= 4 is 21.9 Å². The van der Waals surface area contributed by atoms with Gasteiger partial charge in [0.15, 0.2) is 0 Å². The van der Waals surface area contributed by atoms with Crippen LogP contribution >= 0.6 is 0 Å². The highest BCUT2D eigenvalue weighted by Gasteiger charge is 2.16. The molecule has 0 spiro atoms. The molecule has 0 bridgehead atoms. The van der Waals surface area contributed by atoms with E-state index < -0.39 is 0 Å². The van der Waals surface area contributed by atoms with Crippen LogP contribution in [0, 0.1) is 5.92 Å². The Labute approximate surface area is 220 Å². The van der Waals surface area contributed by atoms with Crippen molar-refractivity contribution in [1.29, 1.82) is 0 Å². The molecule has 7 heteroatoms. The normalized spacial score (nSPS) is 14.1. The average Bonchev–Trinajstić information content (AvgIpc) is 3.73. The monoisotopic (exact) mass is 499 g/mol. The molecule has 0 aliphatic heterocycles. The van der Waals surface area contributed by atoms with Crippen LogP contribution in [0.2, 0.25) is 0 Å².